The van der Waals surface area contributed by atoms with Gasteiger partial charge < -0.3 is 13.7 Å². The third-order valence-electron chi connectivity index (χ3n) is 5.16. The predicted octanol–water partition coefficient (Wildman–Crippen LogP) is 5.36. The second-order valence-corrected chi connectivity index (χ2v) is 10.5. The minimum atomic E-state index is -4.13. The minimum Gasteiger partial charge on any atom is -0.497 e. The van der Waals surface area contributed by atoms with Gasteiger partial charge in [0.05, 0.1) is 25.7 Å². The molecular weight excluding hydrogens is 526 g/mol. The molecule has 1 heterocycles. The van der Waals surface area contributed by atoms with Crippen molar-refractivity contribution in [3.63, 3.8) is 0 Å². The fourth-order valence-electron chi connectivity index (χ4n) is 3.31. The number of amides is 2. The first kappa shape index (κ1) is 25.6. The lowest BCUT2D eigenvalue weighted by atomic mass is 10.1. The number of ether oxygens (including phenoxy) is 2. The molecule has 0 radical (unpaired) electrons. The van der Waals surface area contributed by atoms with Crippen LogP contribution in [0.5, 0.6) is 17.2 Å². The summed E-state index contributed by atoms with van der Waals surface area (Å²) >= 11 is 6.72. The van der Waals surface area contributed by atoms with E-state index in [9.17, 15) is 18.0 Å². The lowest BCUT2D eigenvalue weighted by molar-refractivity contribution is -0.123. The van der Waals surface area contributed by atoms with Crippen LogP contribution in [-0.2, 0) is 21.5 Å². The summed E-state index contributed by atoms with van der Waals surface area (Å²) in [6, 6.07) is 17.1. The molecule has 2 amide bonds. The van der Waals surface area contributed by atoms with E-state index in [4.69, 9.17) is 25.3 Å². The third-order valence-corrected chi connectivity index (χ3v) is 7.57. The highest BCUT2D eigenvalue weighted by atomic mass is 35.5. The van der Waals surface area contributed by atoms with Gasteiger partial charge in [0.1, 0.15) is 10.6 Å². The summed E-state index contributed by atoms with van der Waals surface area (Å²) in [4.78, 5) is 26.6. The summed E-state index contributed by atoms with van der Waals surface area (Å²) in [5.74, 6) is 0.192. The molecule has 1 aliphatic rings. The van der Waals surface area contributed by atoms with Gasteiger partial charge in [-0.1, -0.05) is 29.8 Å². The van der Waals surface area contributed by atoms with Gasteiger partial charge >= 0.3 is 10.1 Å². The first-order valence-corrected chi connectivity index (χ1v) is 13.1. The first-order chi connectivity index (χ1) is 17.2. The number of hydrogen-bond donors (Lipinski definition) is 0. The Hall–Kier alpha value is -3.47. The lowest BCUT2D eigenvalue weighted by Gasteiger charge is -2.12. The van der Waals surface area contributed by atoms with E-state index in [1.807, 2.05) is 0 Å². The van der Waals surface area contributed by atoms with Crippen LogP contribution in [0.25, 0.3) is 6.08 Å². The maximum Gasteiger partial charge on any atom is 0.339 e. The van der Waals surface area contributed by atoms with E-state index in [-0.39, 0.29) is 27.8 Å². The average molecular weight is 546 g/mol. The summed E-state index contributed by atoms with van der Waals surface area (Å²) in [5, 5.41) is 0.171. The number of imide groups is 1. The number of carbonyl (C=O) groups is 2. The quantitative estimate of drug-likeness (QED) is 0.275. The second kappa shape index (κ2) is 10.7. The molecule has 1 aliphatic heterocycles. The Kier molecular flexibility index (Phi) is 7.58. The highest BCUT2D eigenvalue weighted by Crippen LogP contribution is 2.36. The van der Waals surface area contributed by atoms with E-state index in [0.29, 0.717) is 16.3 Å². The van der Waals surface area contributed by atoms with Crippen molar-refractivity contribution in [2.24, 2.45) is 0 Å². The van der Waals surface area contributed by atoms with Gasteiger partial charge in [-0.3, -0.25) is 14.5 Å². The zero-order valence-electron chi connectivity index (χ0n) is 19.1. The zero-order valence-corrected chi connectivity index (χ0v) is 21.5. The number of halogens is 1. The van der Waals surface area contributed by atoms with Gasteiger partial charge in [0.15, 0.2) is 11.5 Å². The Bertz CT molecular complexity index is 1440. The van der Waals surface area contributed by atoms with Crippen molar-refractivity contribution < 1.29 is 31.7 Å². The minimum absolute atomic E-state index is 0.0266. The maximum absolute atomic E-state index is 12.8. The van der Waals surface area contributed by atoms with E-state index in [2.05, 4.69) is 0 Å². The van der Waals surface area contributed by atoms with E-state index >= 15 is 0 Å². The molecule has 8 nitrogen and oxygen atoms in total. The Morgan fingerprint density at radius 3 is 2.25 bits per heavy atom. The molecule has 36 heavy (non-hydrogen) atoms. The van der Waals surface area contributed by atoms with Gasteiger partial charge in [0.2, 0.25) is 0 Å². The van der Waals surface area contributed by atoms with E-state index in [1.54, 1.807) is 30.3 Å². The Morgan fingerprint density at radius 1 is 0.917 bits per heavy atom. The molecule has 3 aromatic carbocycles. The SMILES string of the molecule is COc1ccc(S(=O)(=O)Oc2ccc(/C=C3\SC(=O)N(Cc4ccc(Cl)cc4)C3=O)cc2OC)cc1. The molecule has 1 saturated heterocycles. The average Bonchev–Trinajstić information content (AvgIpc) is 3.13. The first-order valence-electron chi connectivity index (χ1n) is 10.5. The monoisotopic (exact) mass is 545 g/mol. The smallest absolute Gasteiger partial charge is 0.339 e. The molecule has 0 N–H and O–H groups in total. The number of methoxy groups -OCH3 is 2. The highest BCUT2D eigenvalue weighted by Gasteiger charge is 2.35. The van der Waals surface area contributed by atoms with Crippen LogP contribution >= 0.6 is 23.4 Å². The third kappa shape index (κ3) is 5.67. The molecule has 0 aliphatic carbocycles. The van der Waals surface area contributed by atoms with Crippen molar-refractivity contribution in [1.82, 2.24) is 4.90 Å². The number of hydrogen-bond acceptors (Lipinski definition) is 8. The van der Waals surface area contributed by atoms with E-state index < -0.39 is 21.3 Å². The maximum atomic E-state index is 12.8. The molecule has 0 unspecified atom stereocenters. The van der Waals surface area contributed by atoms with Gasteiger partial charge in [-0.2, -0.15) is 8.42 Å². The second-order valence-electron chi connectivity index (χ2n) is 7.52. The van der Waals surface area contributed by atoms with Crippen LogP contribution in [0.4, 0.5) is 4.79 Å². The van der Waals surface area contributed by atoms with E-state index in [0.717, 1.165) is 22.2 Å². The Balaban J connectivity index is 1.53. The molecular formula is C25H20ClNO7S2. The van der Waals surface area contributed by atoms with Crippen LogP contribution in [0.1, 0.15) is 11.1 Å². The van der Waals surface area contributed by atoms with Crippen LogP contribution in [0.3, 0.4) is 0 Å². The molecule has 0 spiro atoms. The molecule has 1 fully saturated rings. The van der Waals surface area contributed by atoms with Crippen molar-refractivity contribution in [3.05, 3.63) is 87.8 Å². The van der Waals surface area contributed by atoms with Crippen molar-refractivity contribution in [1.29, 1.82) is 0 Å². The van der Waals surface area contributed by atoms with Crippen molar-refractivity contribution in [2.45, 2.75) is 11.4 Å². The zero-order chi connectivity index (χ0) is 25.9. The summed E-state index contributed by atoms with van der Waals surface area (Å²) in [6.07, 6.45) is 1.54. The predicted molar refractivity (Wildman–Crippen MR) is 137 cm³/mol. The highest BCUT2D eigenvalue weighted by molar-refractivity contribution is 8.18. The number of rotatable bonds is 8. The summed E-state index contributed by atoms with van der Waals surface area (Å²) in [5.41, 5.74) is 1.29. The molecule has 0 aromatic heterocycles. The van der Waals surface area contributed by atoms with Crippen molar-refractivity contribution in [3.8, 4) is 17.2 Å². The molecule has 0 bridgehead atoms. The van der Waals surface area contributed by atoms with Crippen LogP contribution in [0, 0.1) is 0 Å². The normalized spacial score (nSPS) is 14.9. The van der Waals surface area contributed by atoms with Gasteiger partial charge in [-0.15, -0.1) is 0 Å². The molecule has 186 valence electrons. The molecule has 0 saturated carbocycles. The van der Waals surface area contributed by atoms with Crippen molar-refractivity contribution in [2.75, 3.05) is 14.2 Å². The summed E-state index contributed by atoms with van der Waals surface area (Å²) < 4.78 is 41.0. The Morgan fingerprint density at radius 2 is 1.61 bits per heavy atom. The number of benzene rings is 3. The molecule has 4 rings (SSSR count). The summed E-state index contributed by atoms with van der Waals surface area (Å²) in [7, 11) is -1.29. The number of thioether (sulfide) groups is 1. The summed E-state index contributed by atoms with van der Waals surface area (Å²) in [6.45, 7) is 0.124. The van der Waals surface area contributed by atoms with Crippen molar-refractivity contribution >= 4 is 50.7 Å². The van der Waals surface area contributed by atoms with Crippen LogP contribution < -0.4 is 13.7 Å². The van der Waals surface area contributed by atoms with E-state index in [1.165, 1.54) is 56.7 Å². The van der Waals surface area contributed by atoms with Crippen LogP contribution in [-0.4, -0.2) is 38.7 Å². The molecule has 0 atom stereocenters. The topological polar surface area (TPSA) is 99.2 Å². The van der Waals surface area contributed by atoms with Crippen LogP contribution in [0.15, 0.2) is 76.5 Å². The lowest BCUT2D eigenvalue weighted by Crippen LogP contribution is -2.27. The number of carbonyl (C=O) groups excluding carboxylic acids is 2. The van der Waals surface area contributed by atoms with Gasteiger partial charge in [0.25, 0.3) is 11.1 Å². The fraction of sp³-hybridized carbons (Fsp3) is 0.120. The number of nitrogens with zero attached hydrogens (tertiary/aromatic N) is 1. The van der Waals surface area contributed by atoms with Gasteiger partial charge in [-0.05, 0) is 77.5 Å². The standard InChI is InChI=1S/C25H20ClNO7S2/c1-32-19-8-10-20(11-9-19)36(30,31)34-21-12-5-17(13-22(21)33-2)14-23-24(28)27(25(29)35-23)15-16-3-6-18(26)7-4-16/h3-14H,15H2,1-2H3/b23-14-. The molecule has 3 aromatic rings. The Labute approximate surface area is 217 Å². The van der Waals surface area contributed by atoms with Gasteiger partial charge in [-0.25, -0.2) is 0 Å². The van der Waals surface area contributed by atoms with Crippen LogP contribution in [0.2, 0.25) is 5.02 Å². The van der Waals surface area contributed by atoms with Gasteiger partial charge in [0, 0.05) is 5.02 Å². The largest absolute Gasteiger partial charge is 0.497 e. The fourth-order valence-corrected chi connectivity index (χ4v) is 5.22. The molecule has 11 heteroatoms.